The lowest BCUT2D eigenvalue weighted by Gasteiger charge is -2.26. The average Bonchev–Trinajstić information content (AvgIpc) is 2.94. The molecule has 0 aliphatic carbocycles. The number of thiazole rings is 1. The zero-order chi connectivity index (χ0) is 17.9. The number of aliphatic hydroxyl groups excluding tert-OH is 3. The van der Waals surface area contributed by atoms with E-state index in [2.05, 4.69) is 4.98 Å². The zero-order valence-electron chi connectivity index (χ0n) is 12.7. The number of ether oxygens (including phenoxy) is 2. The summed E-state index contributed by atoms with van der Waals surface area (Å²) in [5.74, 6) is -0.420. The molecule has 6 N–H and O–H groups in total. The highest BCUT2D eigenvalue weighted by Crippen LogP contribution is 2.27. The Labute approximate surface area is 140 Å². The van der Waals surface area contributed by atoms with Crippen LogP contribution in [0.15, 0.2) is 18.2 Å². The van der Waals surface area contributed by atoms with Crippen molar-refractivity contribution in [3.63, 3.8) is 0 Å². The van der Waals surface area contributed by atoms with Gasteiger partial charge in [0.15, 0.2) is 5.01 Å². The Balaban J connectivity index is 2.19. The molecule has 2 aromatic rings. The van der Waals surface area contributed by atoms with E-state index in [1.165, 1.54) is 19.1 Å². The highest BCUT2D eigenvalue weighted by atomic mass is 32.1. The maximum Gasteiger partial charge on any atom is 0.277 e. The monoisotopic (exact) mass is 358 g/mol. The van der Waals surface area contributed by atoms with Gasteiger partial charge in [0.2, 0.25) is 6.29 Å². The third kappa shape index (κ3) is 4.38. The molecule has 1 heterocycles. The van der Waals surface area contributed by atoms with Crippen LogP contribution >= 0.6 is 11.3 Å². The zero-order valence-corrected chi connectivity index (χ0v) is 13.5. The third-order valence-electron chi connectivity index (χ3n) is 3.09. The Kier molecular flexibility index (Phi) is 6.04. The molecule has 1 aromatic heterocycles. The van der Waals surface area contributed by atoms with Gasteiger partial charge in [-0.2, -0.15) is 0 Å². The summed E-state index contributed by atoms with van der Waals surface area (Å²) in [4.78, 5) is 15.2. The van der Waals surface area contributed by atoms with E-state index in [0.717, 1.165) is 11.3 Å². The second kappa shape index (κ2) is 7.83. The largest absolute Gasteiger partial charge is 0.459 e. The predicted octanol–water partition coefficient (Wildman–Crippen LogP) is -0.831. The van der Waals surface area contributed by atoms with E-state index in [1.54, 1.807) is 6.07 Å². The van der Waals surface area contributed by atoms with E-state index in [1.807, 2.05) is 0 Å². The van der Waals surface area contributed by atoms with Crippen molar-refractivity contribution in [2.24, 2.45) is 5.73 Å². The number of primary amides is 1. The van der Waals surface area contributed by atoms with E-state index in [0.29, 0.717) is 10.2 Å². The first-order chi connectivity index (χ1) is 11.3. The van der Waals surface area contributed by atoms with Gasteiger partial charge in [-0.1, -0.05) is 0 Å². The van der Waals surface area contributed by atoms with Crippen LogP contribution < -0.4 is 10.5 Å². The number of amides is 1. The minimum Gasteiger partial charge on any atom is -0.459 e. The fraction of sp³-hybridized carbons (Fsp3) is 0.429. The van der Waals surface area contributed by atoms with E-state index in [-0.39, 0.29) is 10.8 Å². The Morgan fingerprint density at radius 2 is 2.08 bits per heavy atom. The maximum absolute atomic E-state index is 11.1. The van der Waals surface area contributed by atoms with Crippen molar-refractivity contribution < 1.29 is 34.7 Å². The first kappa shape index (κ1) is 18.5. The van der Waals surface area contributed by atoms with Gasteiger partial charge in [-0.25, -0.2) is 4.98 Å². The number of carbonyl (C=O) groups is 1. The average molecular weight is 358 g/mol. The Morgan fingerprint density at radius 3 is 2.62 bits per heavy atom. The Morgan fingerprint density at radius 1 is 1.38 bits per heavy atom. The molecule has 3 atom stereocenters. The summed E-state index contributed by atoms with van der Waals surface area (Å²) in [5.41, 5.74) is 5.72. The molecular formula is C14H18N2O7S. The van der Waals surface area contributed by atoms with Gasteiger partial charge in [0, 0.05) is 0 Å². The van der Waals surface area contributed by atoms with Crippen molar-refractivity contribution in [1.82, 2.24) is 4.98 Å². The number of fused-ring (bicyclic) bond motifs is 1. The molecule has 0 aliphatic heterocycles. The highest BCUT2D eigenvalue weighted by molar-refractivity contribution is 7.20. The normalized spacial score (nSPS) is 15.4. The van der Waals surface area contributed by atoms with Crippen molar-refractivity contribution in [1.29, 1.82) is 0 Å². The number of aliphatic hydroxyl groups is 4. The van der Waals surface area contributed by atoms with E-state index >= 15 is 0 Å². The van der Waals surface area contributed by atoms with Crippen LogP contribution in [0.5, 0.6) is 5.75 Å². The molecule has 0 saturated heterocycles. The Hall–Kier alpha value is -1.82. The SMILES string of the molecule is CC(O)C(CO)OC(Oc1ccc2nc(C(N)=O)sc2c1)C(O)O. The van der Waals surface area contributed by atoms with E-state index in [9.17, 15) is 20.1 Å². The summed E-state index contributed by atoms with van der Waals surface area (Å²) in [6.45, 7) is 0.858. The third-order valence-corrected chi connectivity index (χ3v) is 4.13. The van der Waals surface area contributed by atoms with Crippen LogP contribution in [-0.4, -0.2) is 62.7 Å². The fourth-order valence-corrected chi connectivity index (χ4v) is 2.70. The molecule has 10 heteroatoms. The number of hydrogen-bond acceptors (Lipinski definition) is 9. The standard InChI is InChI=1S/C14H18N2O7S/c1-6(18)9(5-17)23-14(13(20)21)22-7-2-3-8-10(4-7)24-12(16-8)11(15)19/h2-4,6,9,13-14,17-18,20-21H,5H2,1H3,(H2,15,19). The van der Waals surface area contributed by atoms with Gasteiger partial charge in [-0.3, -0.25) is 4.79 Å². The molecule has 0 saturated carbocycles. The van der Waals surface area contributed by atoms with Crippen molar-refractivity contribution in [2.45, 2.75) is 31.7 Å². The number of hydrogen-bond donors (Lipinski definition) is 5. The molecule has 24 heavy (non-hydrogen) atoms. The molecule has 132 valence electrons. The highest BCUT2D eigenvalue weighted by Gasteiger charge is 2.26. The number of carbonyl (C=O) groups excluding carboxylic acids is 1. The summed E-state index contributed by atoms with van der Waals surface area (Å²) in [6.07, 6.45) is -5.62. The van der Waals surface area contributed by atoms with Crippen molar-refractivity contribution >= 4 is 27.5 Å². The number of rotatable bonds is 8. The first-order valence-electron chi connectivity index (χ1n) is 6.99. The first-order valence-corrected chi connectivity index (χ1v) is 7.81. The van der Waals surface area contributed by atoms with Crippen LogP contribution in [-0.2, 0) is 4.74 Å². The molecule has 0 aliphatic rings. The van der Waals surface area contributed by atoms with Crippen LogP contribution in [0.25, 0.3) is 10.2 Å². The topological polar surface area (TPSA) is 155 Å². The quantitative estimate of drug-likeness (QED) is 0.383. The van der Waals surface area contributed by atoms with Gasteiger partial charge in [0.05, 0.1) is 22.9 Å². The predicted molar refractivity (Wildman–Crippen MR) is 84.4 cm³/mol. The number of benzene rings is 1. The molecule has 9 nitrogen and oxygen atoms in total. The summed E-state index contributed by atoms with van der Waals surface area (Å²) in [5, 5.41) is 37.5. The molecule has 3 unspecified atom stereocenters. The smallest absolute Gasteiger partial charge is 0.277 e. The van der Waals surface area contributed by atoms with Crippen LogP contribution in [0.4, 0.5) is 0 Å². The summed E-state index contributed by atoms with van der Waals surface area (Å²) < 4.78 is 11.1. The van der Waals surface area contributed by atoms with Crippen LogP contribution in [0, 0.1) is 0 Å². The minimum absolute atomic E-state index is 0.145. The van der Waals surface area contributed by atoms with Crippen LogP contribution in [0.3, 0.4) is 0 Å². The van der Waals surface area contributed by atoms with Crippen LogP contribution in [0.2, 0.25) is 0 Å². The molecule has 2 rings (SSSR count). The van der Waals surface area contributed by atoms with Gasteiger partial charge in [-0.15, -0.1) is 11.3 Å². The van der Waals surface area contributed by atoms with Crippen molar-refractivity contribution in [3.8, 4) is 5.75 Å². The molecular weight excluding hydrogens is 340 g/mol. The molecule has 0 bridgehead atoms. The van der Waals surface area contributed by atoms with Crippen molar-refractivity contribution in [2.75, 3.05) is 6.61 Å². The van der Waals surface area contributed by atoms with Gasteiger partial charge in [-0.05, 0) is 25.1 Å². The molecule has 1 aromatic carbocycles. The number of nitrogens with zero attached hydrogens (tertiary/aromatic N) is 1. The molecule has 0 fully saturated rings. The lowest BCUT2D eigenvalue weighted by molar-refractivity contribution is -0.250. The lowest BCUT2D eigenvalue weighted by Crippen LogP contribution is -2.42. The number of aromatic nitrogens is 1. The van der Waals surface area contributed by atoms with Gasteiger partial charge < -0.3 is 35.6 Å². The van der Waals surface area contributed by atoms with Gasteiger partial charge in [0.25, 0.3) is 12.2 Å². The van der Waals surface area contributed by atoms with Crippen LogP contribution in [0.1, 0.15) is 16.7 Å². The summed E-state index contributed by atoms with van der Waals surface area (Å²) >= 11 is 1.07. The summed E-state index contributed by atoms with van der Waals surface area (Å²) in [6, 6.07) is 4.61. The van der Waals surface area contributed by atoms with E-state index < -0.39 is 37.3 Å². The van der Waals surface area contributed by atoms with E-state index in [4.69, 9.17) is 20.3 Å². The second-order valence-electron chi connectivity index (χ2n) is 5.01. The lowest BCUT2D eigenvalue weighted by atomic mass is 10.2. The van der Waals surface area contributed by atoms with Crippen molar-refractivity contribution in [3.05, 3.63) is 23.2 Å². The molecule has 0 spiro atoms. The van der Waals surface area contributed by atoms with Gasteiger partial charge >= 0.3 is 0 Å². The minimum atomic E-state index is -2.00. The molecule has 1 amide bonds. The molecule has 0 radical (unpaired) electrons. The number of nitrogens with two attached hydrogens (primary N) is 1. The fourth-order valence-electron chi connectivity index (χ4n) is 1.86. The van der Waals surface area contributed by atoms with Gasteiger partial charge in [0.1, 0.15) is 11.9 Å². The maximum atomic E-state index is 11.1. The summed E-state index contributed by atoms with van der Waals surface area (Å²) in [7, 11) is 0. The Bertz CT molecular complexity index is 703. The second-order valence-corrected chi connectivity index (χ2v) is 6.04.